The van der Waals surface area contributed by atoms with Crippen molar-refractivity contribution in [2.45, 2.75) is 19.4 Å². The summed E-state index contributed by atoms with van der Waals surface area (Å²) in [5.41, 5.74) is 0.943. The Morgan fingerprint density at radius 1 is 1.31 bits per heavy atom. The second-order valence-electron chi connectivity index (χ2n) is 3.66. The second kappa shape index (κ2) is 2.57. The zero-order valence-corrected chi connectivity index (χ0v) is 7.70. The predicted molar refractivity (Wildman–Crippen MR) is 51.3 cm³/mol. The summed E-state index contributed by atoms with van der Waals surface area (Å²) in [6.07, 6.45) is 0. The van der Waals surface area contributed by atoms with Gasteiger partial charge in [0.1, 0.15) is 11.4 Å². The van der Waals surface area contributed by atoms with Crippen LogP contribution in [0.25, 0.3) is 11.0 Å². The Hall–Kier alpha value is -1.35. The van der Waals surface area contributed by atoms with Gasteiger partial charge in [0.05, 0.1) is 11.0 Å². The Bertz CT molecular complexity index is 393. The molecule has 0 bridgehead atoms. The van der Waals surface area contributed by atoms with E-state index in [0.29, 0.717) is 5.82 Å². The fourth-order valence-corrected chi connectivity index (χ4v) is 1.24. The summed E-state index contributed by atoms with van der Waals surface area (Å²) in [5, 5.41) is 9.70. The lowest BCUT2D eigenvalue weighted by Gasteiger charge is -2.12. The maximum Gasteiger partial charge on any atom is 0.138 e. The molecule has 1 aromatic carbocycles. The minimum absolute atomic E-state index is 0.605. The van der Waals surface area contributed by atoms with Crippen molar-refractivity contribution in [2.24, 2.45) is 0 Å². The third kappa shape index (κ3) is 1.42. The molecule has 0 atom stereocenters. The van der Waals surface area contributed by atoms with Crippen molar-refractivity contribution in [1.29, 1.82) is 0 Å². The zero-order valence-electron chi connectivity index (χ0n) is 7.70. The van der Waals surface area contributed by atoms with Gasteiger partial charge >= 0.3 is 0 Å². The van der Waals surface area contributed by atoms with Crippen LogP contribution < -0.4 is 0 Å². The maximum atomic E-state index is 9.70. The van der Waals surface area contributed by atoms with Gasteiger partial charge in [0, 0.05) is 0 Å². The van der Waals surface area contributed by atoms with Gasteiger partial charge in [-0.2, -0.15) is 0 Å². The van der Waals surface area contributed by atoms with Crippen LogP contribution in [0, 0.1) is 0 Å². The first kappa shape index (κ1) is 8.26. The zero-order chi connectivity index (χ0) is 9.47. The quantitative estimate of drug-likeness (QED) is 0.696. The molecule has 0 saturated heterocycles. The van der Waals surface area contributed by atoms with Gasteiger partial charge in [0.15, 0.2) is 0 Å². The van der Waals surface area contributed by atoms with E-state index >= 15 is 0 Å². The van der Waals surface area contributed by atoms with E-state index in [4.69, 9.17) is 0 Å². The number of aliphatic hydroxyl groups is 1. The van der Waals surface area contributed by atoms with Gasteiger partial charge in [-0.3, -0.25) is 0 Å². The molecule has 0 aliphatic carbocycles. The summed E-state index contributed by atoms with van der Waals surface area (Å²) >= 11 is 0. The number of nitrogens with one attached hydrogen (secondary N) is 1. The number of rotatable bonds is 1. The van der Waals surface area contributed by atoms with Crippen LogP contribution in [0.3, 0.4) is 0 Å². The van der Waals surface area contributed by atoms with E-state index in [-0.39, 0.29) is 0 Å². The van der Waals surface area contributed by atoms with E-state index < -0.39 is 5.60 Å². The Morgan fingerprint density at radius 2 is 2.00 bits per heavy atom. The Balaban J connectivity index is 2.63. The van der Waals surface area contributed by atoms with E-state index in [9.17, 15) is 5.11 Å². The normalized spacial score (nSPS) is 12.2. The van der Waals surface area contributed by atoms with Gasteiger partial charge in [0.2, 0.25) is 0 Å². The largest absolute Gasteiger partial charge is 0.383 e. The number of aromatic amines is 1. The second-order valence-corrected chi connectivity index (χ2v) is 3.66. The van der Waals surface area contributed by atoms with Crippen LogP contribution in [0.15, 0.2) is 24.3 Å². The summed E-state index contributed by atoms with van der Waals surface area (Å²) in [7, 11) is 0. The van der Waals surface area contributed by atoms with Crippen molar-refractivity contribution in [3.63, 3.8) is 0 Å². The van der Waals surface area contributed by atoms with E-state index in [0.717, 1.165) is 11.0 Å². The average Bonchev–Trinajstić information content (AvgIpc) is 2.45. The molecule has 3 heteroatoms. The topological polar surface area (TPSA) is 48.9 Å². The van der Waals surface area contributed by atoms with Gasteiger partial charge < -0.3 is 10.1 Å². The molecule has 0 unspecified atom stereocenters. The van der Waals surface area contributed by atoms with Gasteiger partial charge in [-0.25, -0.2) is 4.98 Å². The first-order chi connectivity index (χ1) is 6.07. The van der Waals surface area contributed by atoms with Crippen LogP contribution in [-0.2, 0) is 5.60 Å². The SMILES string of the molecule is CC(C)(O)c1nc2ccccc2[nH]1. The van der Waals surface area contributed by atoms with Gasteiger partial charge in [0.25, 0.3) is 0 Å². The number of H-pyrrole nitrogens is 1. The smallest absolute Gasteiger partial charge is 0.138 e. The van der Waals surface area contributed by atoms with Crippen molar-refractivity contribution in [3.05, 3.63) is 30.1 Å². The van der Waals surface area contributed by atoms with Crippen molar-refractivity contribution in [2.75, 3.05) is 0 Å². The van der Waals surface area contributed by atoms with E-state index in [2.05, 4.69) is 9.97 Å². The third-order valence-corrected chi connectivity index (χ3v) is 1.97. The minimum Gasteiger partial charge on any atom is -0.383 e. The minimum atomic E-state index is -0.904. The van der Waals surface area contributed by atoms with E-state index in [1.807, 2.05) is 24.3 Å². The Kier molecular flexibility index (Phi) is 1.63. The third-order valence-electron chi connectivity index (χ3n) is 1.97. The number of nitrogens with zero attached hydrogens (tertiary/aromatic N) is 1. The van der Waals surface area contributed by atoms with Crippen LogP contribution in [0.5, 0.6) is 0 Å². The highest BCUT2D eigenvalue weighted by Crippen LogP contribution is 2.19. The highest BCUT2D eigenvalue weighted by atomic mass is 16.3. The van der Waals surface area contributed by atoms with E-state index in [1.165, 1.54) is 0 Å². The Labute approximate surface area is 76.4 Å². The predicted octanol–water partition coefficient (Wildman–Crippen LogP) is 1.79. The summed E-state index contributed by atoms with van der Waals surface area (Å²) < 4.78 is 0. The first-order valence-corrected chi connectivity index (χ1v) is 4.25. The van der Waals surface area contributed by atoms with Crippen LogP contribution in [0.4, 0.5) is 0 Å². The molecule has 3 nitrogen and oxygen atoms in total. The lowest BCUT2D eigenvalue weighted by molar-refractivity contribution is 0.0700. The fraction of sp³-hybridized carbons (Fsp3) is 0.300. The van der Waals surface area contributed by atoms with Crippen LogP contribution >= 0.6 is 0 Å². The highest BCUT2D eigenvalue weighted by molar-refractivity contribution is 5.74. The number of benzene rings is 1. The molecular weight excluding hydrogens is 164 g/mol. The fourth-order valence-electron chi connectivity index (χ4n) is 1.24. The number of aromatic nitrogens is 2. The van der Waals surface area contributed by atoms with Crippen molar-refractivity contribution in [1.82, 2.24) is 9.97 Å². The molecule has 68 valence electrons. The molecule has 1 heterocycles. The molecule has 0 radical (unpaired) electrons. The standard InChI is InChI=1S/C10H12N2O/c1-10(2,13)9-11-7-5-3-4-6-8(7)12-9/h3-6,13H,1-2H3,(H,11,12). The first-order valence-electron chi connectivity index (χ1n) is 4.25. The molecule has 0 spiro atoms. The number of para-hydroxylation sites is 2. The maximum absolute atomic E-state index is 9.70. The summed E-state index contributed by atoms with van der Waals surface area (Å²) in [6, 6.07) is 7.73. The monoisotopic (exact) mass is 176 g/mol. The number of hydrogen-bond donors (Lipinski definition) is 2. The van der Waals surface area contributed by atoms with Crippen LogP contribution in [0.1, 0.15) is 19.7 Å². The molecule has 2 rings (SSSR count). The molecule has 2 aromatic rings. The van der Waals surface area contributed by atoms with Gasteiger partial charge in [-0.05, 0) is 26.0 Å². The highest BCUT2D eigenvalue weighted by Gasteiger charge is 2.19. The van der Waals surface area contributed by atoms with Gasteiger partial charge in [-0.1, -0.05) is 12.1 Å². The molecule has 0 fully saturated rings. The van der Waals surface area contributed by atoms with Crippen molar-refractivity contribution >= 4 is 11.0 Å². The van der Waals surface area contributed by atoms with E-state index in [1.54, 1.807) is 13.8 Å². The summed E-state index contributed by atoms with van der Waals surface area (Å²) in [6.45, 7) is 3.43. The number of hydrogen-bond acceptors (Lipinski definition) is 2. The average molecular weight is 176 g/mol. The molecule has 13 heavy (non-hydrogen) atoms. The van der Waals surface area contributed by atoms with Crippen molar-refractivity contribution < 1.29 is 5.11 Å². The summed E-state index contributed by atoms with van der Waals surface area (Å²) in [5.74, 6) is 0.605. The molecule has 0 saturated carbocycles. The molecule has 0 aliphatic heterocycles. The molecule has 0 aliphatic rings. The van der Waals surface area contributed by atoms with Crippen LogP contribution in [0.2, 0.25) is 0 Å². The lowest BCUT2D eigenvalue weighted by Crippen LogP contribution is -2.17. The van der Waals surface area contributed by atoms with Crippen LogP contribution in [-0.4, -0.2) is 15.1 Å². The lowest BCUT2D eigenvalue weighted by atomic mass is 10.1. The van der Waals surface area contributed by atoms with Crippen molar-refractivity contribution in [3.8, 4) is 0 Å². The van der Waals surface area contributed by atoms with Gasteiger partial charge in [-0.15, -0.1) is 0 Å². The molecule has 0 amide bonds. The Morgan fingerprint density at radius 3 is 2.62 bits per heavy atom. The molecular formula is C10H12N2O. The number of fused-ring (bicyclic) bond motifs is 1. The number of imidazole rings is 1. The molecule has 1 aromatic heterocycles. The summed E-state index contributed by atoms with van der Waals surface area (Å²) in [4.78, 5) is 7.35. The molecule has 2 N–H and O–H groups in total.